The van der Waals surface area contributed by atoms with E-state index in [0.717, 1.165) is 29.8 Å². The molecule has 0 aromatic heterocycles. The van der Waals surface area contributed by atoms with E-state index in [9.17, 15) is 18.0 Å². The molecule has 45 heavy (non-hydrogen) atoms. The van der Waals surface area contributed by atoms with Crippen molar-refractivity contribution in [2.75, 3.05) is 52.5 Å². The first-order valence-corrected chi connectivity index (χ1v) is 15.7. The largest absolute Gasteiger partial charge is 0.493 e. The van der Waals surface area contributed by atoms with E-state index in [-0.39, 0.29) is 24.2 Å². The lowest BCUT2D eigenvalue weighted by Crippen LogP contribution is -2.54. The van der Waals surface area contributed by atoms with Crippen LogP contribution in [-0.4, -0.2) is 79.1 Å². The first-order valence-electron chi connectivity index (χ1n) is 14.9. The molecule has 2 aliphatic rings. The van der Waals surface area contributed by atoms with E-state index in [1.165, 1.54) is 6.07 Å². The number of rotatable bonds is 9. The predicted molar refractivity (Wildman–Crippen MR) is 169 cm³/mol. The van der Waals surface area contributed by atoms with Gasteiger partial charge in [0.25, 0.3) is 0 Å². The lowest BCUT2D eigenvalue weighted by molar-refractivity contribution is -0.137. The van der Waals surface area contributed by atoms with Crippen molar-refractivity contribution in [3.63, 3.8) is 0 Å². The van der Waals surface area contributed by atoms with Crippen molar-refractivity contribution in [3.05, 3.63) is 99.0 Å². The van der Waals surface area contributed by atoms with Crippen LogP contribution in [0.25, 0.3) is 0 Å². The van der Waals surface area contributed by atoms with E-state index in [4.69, 9.17) is 37.7 Å². The highest BCUT2D eigenvalue weighted by atomic mass is 35.5. The molecule has 0 radical (unpaired) electrons. The van der Waals surface area contributed by atoms with Gasteiger partial charge in [0.05, 0.1) is 30.4 Å². The Balaban J connectivity index is 1.60. The molecule has 5 rings (SSSR count). The van der Waals surface area contributed by atoms with Crippen LogP contribution in [0.1, 0.15) is 48.2 Å². The lowest BCUT2D eigenvalue weighted by Gasteiger charge is -2.39. The molecule has 0 aliphatic carbocycles. The molecule has 7 nitrogen and oxygen atoms in total. The maximum atomic E-state index is 14.6. The summed E-state index contributed by atoms with van der Waals surface area (Å²) in [7, 11) is 0. The summed E-state index contributed by atoms with van der Waals surface area (Å²) in [6, 6.07) is 16.2. The molecule has 12 heteroatoms. The quantitative estimate of drug-likeness (QED) is 0.220. The molecule has 0 spiro atoms. The predicted octanol–water partition coefficient (Wildman–Crippen LogP) is 7.73. The third-order valence-corrected chi connectivity index (χ3v) is 8.45. The highest BCUT2D eigenvalue weighted by molar-refractivity contribution is 6.30. The van der Waals surface area contributed by atoms with Crippen molar-refractivity contribution < 1.29 is 27.4 Å². The molecule has 3 aromatic carbocycles. The van der Waals surface area contributed by atoms with Crippen molar-refractivity contribution in [3.8, 4) is 5.75 Å². The summed E-state index contributed by atoms with van der Waals surface area (Å²) < 4.78 is 52.5. The molecular weight excluding hydrogens is 628 g/mol. The van der Waals surface area contributed by atoms with E-state index in [1.54, 1.807) is 41.0 Å². The second kappa shape index (κ2) is 14.4. The SMILES string of the molecule is CCOCCN1CCN(C(=O)N2C(c3ccc(C(F)(F)F)cc3OCC)=NC(c3ccc(Cl)cc3)C2c2ccc(Cl)cc2)CC1. The van der Waals surface area contributed by atoms with Crippen LogP contribution < -0.4 is 4.74 Å². The van der Waals surface area contributed by atoms with Crippen LogP contribution in [0.2, 0.25) is 10.0 Å². The number of amides is 2. The van der Waals surface area contributed by atoms with Crippen molar-refractivity contribution in [1.29, 1.82) is 0 Å². The van der Waals surface area contributed by atoms with Gasteiger partial charge in [-0.3, -0.25) is 14.8 Å². The minimum Gasteiger partial charge on any atom is -0.493 e. The first-order chi connectivity index (χ1) is 21.6. The summed E-state index contributed by atoms with van der Waals surface area (Å²) in [5.74, 6) is 0.229. The van der Waals surface area contributed by atoms with E-state index < -0.39 is 23.8 Å². The number of hydrogen-bond acceptors (Lipinski definition) is 5. The van der Waals surface area contributed by atoms with Gasteiger partial charge in [-0.15, -0.1) is 0 Å². The molecule has 0 N–H and O–H groups in total. The molecule has 1 fully saturated rings. The summed E-state index contributed by atoms with van der Waals surface area (Å²) in [4.78, 5) is 25.3. The van der Waals surface area contributed by atoms with Gasteiger partial charge in [0.2, 0.25) is 0 Å². The highest BCUT2D eigenvalue weighted by Gasteiger charge is 2.45. The molecule has 240 valence electrons. The van der Waals surface area contributed by atoms with Crippen molar-refractivity contribution >= 4 is 35.1 Å². The van der Waals surface area contributed by atoms with E-state index in [0.29, 0.717) is 55.0 Å². The zero-order valence-electron chi connectivity index (χ0n) is 25.1. The van der Waals surface area contributed by atoms with Gasteiger partial charge in [-0.1, -0.05) is 47.5 Å². The second-order valence-corrected chi connectivity index (χ2v) is 11.6. The van der Waals surface area contributed by atoms with Gasteiger partial charge in [0.15, 0.2) is 0 Å². The Labute approximate surface area is 271 Å². The Kier molecular flexibility index (Phi) is 10.6. The van der Waals surface area contributed by atoms with Gasteiger partial charge in [-0.2, -0.15) is 13.2 Å². The van der Waals surface area contributed by atoms with Crippen LogP contribution in [0.3, 0.4) is 0 Å². The number of carbonyl (C=O) groups excluding carboxylic acids is 1. The fourth-order valence-corrected chi connectivity index (χ4v) is 5.92. The molecule has 2 atom stereocenters. The van der Waals surface area contributed by atoms with Crippen molar-refractivity contribution in [1.82, 2.24) is 14.7 Å². The number of halogens is 5. The summed E-state index contributed by atoms with van der Waals surface area (Å²) in [5.41, 5.74) is 1.01. The average molecular weight is 664 g/mol. The Morgan fingerprint density at radius 3 is 2.09 bits per heavy atom. The fourth-order valence-electron chi connectivity index (χ4n) is 5.67. The Bertz CT molecular complexity index is 1490. The number of alkyl halides is 3. The summed E-state index contributed by atoms with van der Waals surface area (Å²) in [6.45, 7) is 8.06. The van der Waals surface area contributed by atoms with Gasteiger partial charge in [-0.05, 0) is 67.4 Å². The fraction of sp³-hybridized carbons (Fsp3) is 0.394. The summed E-state index contributed by atoms with van der Waals surface area (Å²) >= 11 is 12.5. The Morgan fingerprint density at radius 2 is 1.51 bits per heavy atom. The third-order valence-electron chi connectivity index (χ3n) is 7.94. The molecule has 3 aromatic rings. The number of amidine groups is 1. The molecule has 2 aliphatic heterocycles. The second-order valence-electron chi connectivity index (χ2n) is 10.8. The van der Waals surface area contributed by atoms with Crippen LogP contribution in [0, 0.1) is 0 Å². The van der Waals surface area contributed by atoms with E-state index >= 15 is 0 Å². The van der Waals surface area contributed by atoms with Crippen LogP contribution in [0.15, 0.2) is 71.7 Å². The Morgan fingerprint density at radius 1 is 0.889 bits per heavy atom. The zero-order chi connectivity index (χ0) is 32.1. The van der Waals surface area contributed by atoms with Gasteiger partial charge in [0, 0.05) is 49.4 Å². The third kappa shape index (κ3) is 7.57. The molecular formula is C33H35Cl2F3N4O3. The summed E-state index contributed by atoms with van der Waals surface area (Å²) in [5, 5.41) is 1.07. The first kappa shape index (κ1) is 33.1. The highest BCUT2D eigenvalue weighted by Crippen LogP contribution is 2.46. The average Bonchev–Trinajstić information content (AvgIpc) is 3.42. The maximum absolute atomic E-state index is 14.6. The molecule has 2 unspecified atom stereocenters. The zero-order valence-corrected chi connectivity index (χ0v) is 26.6. The van der Waals surface area contributed by atoms with Crippen LogP contribution in [0.5, 0.6) is 5.75 Å². The number of carbonyl (C=O) groups is 1. The smallest absolute Gasteiger partial charge is 0.416 e. The molecule has 2 amide bonds. The molecule has 0 saturated carbocycles. The monoisotopic (exact) mass is 662 g/mol. The topological polar surface area (TPSA) is 57.6 Å². The number of benzene rings is 3. The maximum Gasteiger partial charge on any atom is 0.416 e. The van der Waals surface area contributed by atoms with Crippen molar-refractivity contribution in [2.45, 2.75) is 32.1 Å². The number of nitrogens with zero attached hydrogens (tertiary/aromatic N) is 4. The van der Waals surface area contributed by atoms with E-state index in [2.05, 4.69) is 4.90 Å². The standard InChI is InChI=1S/C33H35Cl2F3N4O3/c1-3-44-20-19-40-15-17-41(18-16-40)32(43)42-30(23-7-12-26(35)13-8-23)29(22-5-10-25(34)11-6-22)39-31(42)27-14-9-24(33(36,37)38)21-28(27)45-4-2/h5-14,21,29-30H,3-4,15-20H2,1-2H3. The van der Waals surface area contributed by atoms with Crippen molar-refractivity contribution in [2.24, 2.45) is 4.99 Å². The van der Waals surface area contributed by atoms with Crippen LogP contribution in [-0.2, 0) is 10.9 Å². The van der Waals surface area contributed by atoms with Gasteiger partial charge in [-0.25, -0.2) is 4.79 Å². The van der Waals surface area contributed by atoms with E-state index in [1.807, 2.05) is 31.2 Å². The number of urea groups is 1. The number of aliphatic imine (C=N–C) groups is 1. The van der Waals surface area contributed by atoms with Gasteiger partial charge in [0.1, 0.15) is 17.6 Å². The molecule has 1 saturated heterocycles. The molecule has 2 heterocycles. The lowest BCUT2D eigenvalue weighted by atomic mass is 9.93. The number of hydrogen-bond donors (Lipinski definition) is 0. The number of piperazine rings is 1. The molecule has 0 bridgehead atoms. The Hall–Kier alpha value is -3.31. The van der Waals surface area contributed by atoms with Gasteiger partial charge >= 0.3 is 12.2 Å². The van der Waals surface area contributed by atoms with Gasteiger partial charge < -0.3 is 14.4 Å². The van der Waals surface area contributed by atoms with Crippen LogP contribution in [0.4, 0.5) is 18.0 Å². The normalized spacial score (nSPS) is 19.1. The number of ether oxygens (including phenoxy) is 2. The summed E-state index contributed by atoms with van der Waals surface area (Å²) in [6.07, 6.45) is -4.57. The minimum atomic E-state index is -4.57. The minimum absolute atomic E-state index is 0.00349. The van der Waals surface area contributed by atoms with Crippen LogP contribution >= 0.6 is 23.2 Å².